The van der Waals surface area contributed by atoms with Crippen molar-refractivity contribution in [3.63, 3.8) is 0 Å². The average Bonchev–Trinajstić information content (AvgIpc) is 2.72. The van der Waals surface area contributed by atoms with Crippen molar-refractivity contribution in [3.05, 3.63) is 57.0 Å². The summed E-state index contributed by atoms with van der Waals surface area (Å²) in [6.07, 6.45) is 0. The second-order valence-electron chi connectivity index (χ2n) is 6.64. The largest absolute Gasteiger partial charge is 0.493 e. The Bertz CT molecular complexity index is 752. The van der Waals surface area contributed by atoms with Crippen molar-refractivity contribution in [3.8, 4) is 11.5 Å². The minimum Gasteiger partial charge on any atom is -0.493 e. The highest BCUT2D eigenvalue weighted by atomic mass is 79.9. The molecule has 0 bridgehead atoms. The molecule has 152 valence electrons. The van der Waals surface area contributed by atoms with Crippen LogP contribution in [-0.4, -0.2) is 51.4 Å². The average molecular weight is 470 g/mol. The zero-order valence-electron chi connectivity index (χ0n) is 16.0. The van der Waals surface area contributed by atoms with E-state index in [9.17, 15) is 0 Å². The Labute approximate surface area is 180 Å². The third-order valence-electron chi connectivity index (χ3n) is 4.66. The molecule has 1 aliphatic rings. The minimum atomic E-state index is 0.455. The van der Waals surface area contributed by atoms with Gasteiger partial charge >= 0.3 is 0 Å². The highest BCUT2D eigenvalue weighted by Crippen LogP contribution is 2.34. The predicted octanol–water partition coefficient (Wildman–Crippen LogP) is 4.11. The molecule has 0 spiro atoms. The van der Waals surface area contributed by atoms with Crippen molar-refractivity contribution in [2.24, 2.45) is 0 Å². The maximum atomic E-state index is 5.96. The summed E-state index contributed by atoms with van der Waals surface area (Å²) in [6.45, 7) is 6.87. The number of hydrogen-bond acceptors (Lipinski definition) is 5. The molecule has 2 aromatic rings. The van der Waals surface area contributed by atoms with Gasteiger partial charge in [-0.05, 0) is 35.4 Å². The molecule has 0 aromatic heterocycles. The Morgan fingerprint density at radius 1 is 1.14 bits per heavy atom. The van der Waals surface area contributed by atoms with Gasteiger partial charge in [0.05, 0.1) is 20.3 Å². The molecule has 0 unspecified atom stereocenters. The molecule has 0 amide bonds. The van der Waals surface area contributed by atoms with Crippen LogP contribution in [0.2, 0.25) is 5.02 Å². The van der Waals surface area contributed by atoms with Crippen LogP contribution in [0, 0.1) is 0 Å². The quantitative estimate of drug-likeness (QED) is 0.560. The second kappa shape index (κ2) is 11.0. The lowest BCUT2D eigenvalue weighted by molar-refractivity contribution is 0.0384. The smallest absolute Gasteiger partial charge is 0.162 e. The third-order valence-corrected chi connectivity index (χ3v) is 5.65. The summed E-state index contributed by atoms with van der Waals surface area (Å²) in [4.78, 5) is 2.42. The summed E-state index contributed by atoms with van der Waals surface area (Å²) in [6, 6.07) is 11.6. The summed E-state index contributed by atoms with van der Waals surface area (Å²) in [5, 5.41) is 4.22. The van der Waals surface area contributed by atoms with Crippen molar-refractivity contribution in [2.45, 2.75) is 13.2 Å². The van der Waals surface area contributed by atoms with Crippen LogP contribution in [0.3, 0.4) is 0 Å². The van der Waals surface area contributed by atoms with Gasteiger partial charge in [-0.2, -0.15) is 0 Å². The monoisotopic (exact) mass is 468 g/mol. The summed E-state index contributed by atoms with van der Waals surface area (Å²) in [5.74, 6) is 1.43. The van der Waals surface area contributed by atoms with Gasteiger partial charge in [0.1, 0.15) is 6.61 Å². The van der Waals surface area contributed by atoms with Gasteiger partial charge in [0.25, 0.3) is 0 Å². The molecule has 3 rings (SSSR count). The van der Waals surface area contributed by atoms with Crippen molar-refractivity contribution < 1.29 is 14.2 Å². The van der Waals surface area contributed by atoms with Gasteiger partial charge < -0.3 is 19.5 Å². The van der Waals surface area contributed by atoms with Crippen LogP contribution in [0.25, 0.3) is 0 Å². The van der Waals surface area contributed by atoms with Crippen molar-refractivity contribution >= 4 is 27.5 Å². The molecular weight excluding hydrogens is 444 g/mol. The lowest BCUT2D eigenvalue weighted by Crippen LogP contribution is -2.40. The van der Waals surface area contributed by atoms with Crippen LogP contribution < -0.4 is 14.8 Å². The summed E-state index contributed by atoms with van der Waals surface area (Å²) < 4.78 is 17.9. The molecule has 28 heavy (non-hydrogen) atoms. The highest BCUT2D eigenvalue weighted by molar-refractivity contribution is 9.10. The molecule has 1 saturated heterocycles. The fourth-order valence-electron chi connectivity index (χ4n) is 3.01. The first kappa shape index (κ1) is 21.4. The number of rotatable bonds is 9. The summed E-state index contributed by atoms with van der Waals surface area (Å²) in [5.41, 5.74) is 2.19. The zero-order chi connectivity index (χ0) is 19.8. The van der Waals surface area contributed by atoms with Gasteiger partial charge in [-0.3, -0.25) is 4.90 Å². The second-order valence-corrected chi connectivity index (χ2v) is 7.93. The molecule has 0 aliphatic carbocycles. The Hall–Kier alpha value is -1.31. The molecule has 0 radical (unpaired) electrons. The Morgan fingerprint density at radius 3 is 2.61 bits per heavy atom. The lowest BCUT2D eigenvalue weighted by atomic mass is 10.2. The first-order valence-electron chi connectivity index (χ1n) is 9.40. The van der Waals surface area contributed by atoms with E-state index in [4.69, 9.17) is 25.8 Å². The van der Waals surface area contributed by atoms with Crippen LogP contribution in [0.5, 0.6) is 11.5 Å². The first-order valence-corrected chi connectivity index (χ1v) is 10.6. The number of nitrogens with one attached hydrogen (secondary N) is 1. The number of benzene rings is 2. The molecule has 7 heteroatoms. The van der Waals surface area contributed by atoms with E-state index in [0.29, 0.717) is 12.4 Å². The molecule has 0 saturated carbocycles. The Morgan fingerprint density at radius 2 is 1.89 bits per heavy atom. The summed E-state index contributed by atoms with van der Waals surface area (Å²) >= 11 is 9.58. The van der Waals surface area contributed by atoms with Crippen molar-refractivity contribution in [1.29, 1.82) is 0 Å². The normalized spacial score (nSPS) is 14.8. The van der Waals surface area contributed by atoms with Crippen LogP contribution in [0.1, 0.15) is 11.1 Å². The fourth-order valence-corrected chi connectivity index (χ4v) is 3.60. The van der Waals surface area contributed by atoms with Gasteiger partial charge in [-0.1, -0.05) is 39.7 Å². The molecule has 1 aliphatic heterocycles. The predicted molar refractivity (Wildman–Crippen MR) is 115 cm³/mol. The standard InChI is InChI=1S/C21H26BrClN2O3/c1-26-20-12-17(14-24-6-7-25-8-10-27-11-9-25)19(22)13-21(20)28-15-16-2-4-18(23)5-3-16/h2-5,12-13,24H,6-11,14-15H2,1H3. The van der Waals surface area contributed by atoms with Crippen LogP contribution in [0.4, 0.5) is 0 Å². The maximum absolute atomic E-state index is 5.96. The van der Waals surface area contributed by atoms with E-state index in [1.807, 2.05) is 36.4 Å². The third kappa shape index (κ3) is 6.36. The molecule has 2 aromatic carbocycles. The maximum Gasteiger partial charge on any atom is 0.162 e. The Balaban J connectivity index is 1.53. The molecular formula is C21H26BrClN2O3. The minimum absolute atomic E-state index is 0.455. The number of morpholine rings is 1. The van der Waals surface area contributed by atoms with Crippen LogP contribution >= 0.6 is 27.5 Å². The highest BCUT2D eigenvalue weighted by Gasteiger charge is 2.12. The van der Waals surface area contributed by atoms with Crippen molar-refractivity contribution in [2.75, 3.05) is 46.5 Å². The van der Waals surface area contributed by atoms with Crippen LogP contribution in [0.15, 0.2) is 40.9 Å². The first-order chi connectivity index (χ1) is 13.7. The fraction of sp³-hybridized carbons (Fsp3) is 0.429. The van der Waals surface area contributed by atoms with E-state index >= 15 is 0 Å². The van der Waals surface area contributed by atoms with Crippen molar-refractivity contribution in [1.82, 2.24) is 10.2 Å². The molecule has 0 atom stereocenters. The van der Waals surface area contributed by atoms with Gasteiger partial charge in [0, 0.05) is 42.2 Å². The van der Waals surface area contributed by atoms with Gasteiger partial charge in [-0.15, -0.1) is 0 Å². The lowest BCUT2D eigenvalue weighted by Gasteiger charge is -2.26. The zero-order valence-corrected chi connectivity index (χ0v) is 18.4. The SMILES string of the molecule is COc1cc(CNCCN2CCOCC2)c(Br)cc1OCc1ccc(Cl)cc1. The molecule has 1 N–H and O–H groups in total. The van der Waals surface area contributed by atoms with Crippen LogP contribution in [-0.2, 0) is 17.9 Å². The number of hydrogen-bond donors (Lipinski definition) is 1. The van der Waals surface area contributed by atoms with E-state index in [1.54, 1.807) is 7.11 Å². The van der Waals surface area contributed by atoms with E-state index in [2.05, 4.69) is 26.1 Å². The number of nitrogens with zero attached hydrogens (tertiary/aromatic N) is 1. The summed E-state index contributed by atoms with van der Waals surface area (Å²) in [7, 11) is 1.66. The van der Waals surface area contributed by atoms with E-state index in [-0.39, 0.29) is 0 Å². The van der Waals surface area contributed by atoms with Gasteiger partial charge in [-0.25, -0.2) is 0 Å². The molecule has 1 fully saturated rings. The molecule has 1 heterocycles. The van der Waals surface area contributed by atoms with E-state index in [1.165, 1.54) is 0 Å². The van der Waals surface area contributed by atoms with Gasteiger partial charge in [0.15, 0.2) is 11.5 Å². The van der Waals surface area contributed by atoms with E-state index < -0.39 is 0 Å². The number of methoxy groups -OCH3 is 1. The molecule has 5 nitrogen and oxygen atoms in total. The Kier molecular flexibility index (Phi) is 8.43. The number of ether oxygens (including phenoxy) is 3. The topological polar surface area (TPSA) is 43.0 Å². The van der Waals surface area contributed by atoms with Gasteiger partial charge in [0.2, 0.25) is 0 Å². The van der Waals surface area contributed by atoms with E-state index in [0.717, 1.165) is 72.3 Å². The number of halogens is 2.